The molecule has 0 unspecified atom stereocenters. The third-order valence-corrected chi connectivity index (χ3v) is 9.54. The first kappa shape index (κ1) is 33.1. The molecule has 0 aliphatic rings. The van der Waals surface area contributed by atoms with Gasteiger partial charge in [0.25, 0.3) is 10.0 Å². The monoisotopic (exact) mass is 651 g/mol. The van der Waals surface area contributed by atoms with E-state index < -0.39 is 28.5 Å². The van der Waals surface area contributed by atoms with Crippen molar-refractivity contribution in [2.45, 2.75) is 37.8 Å². The average molecular weight is 653 g/mol. The molecule has 0 aliphatic carbocycles. The maximum atomic E-state index is 14.4. The van der Waals surface area contributed by atoms with Crippen LogP contribution in [0, 0.1) is 5.92 Å². The van der Waals surface area contributed by atoms with Crippen LogP contribution in [0.25, 0.3) is 0 Å². The Morgan fingerprint density at radius 2 is 1.34 bits per heavy atom. The zero-order valence-electron chi connectivity index (χ0n) is 24.6. The summed E-state index contributed by atoms with van der Waals surface area (Å²) in [5.74, 6) is -0.721. The molecule has 44 heavy (non-hydrogen) atoms. The molecule has 0 aliphatic heterocycles. The number of nitrogens with zero attached hydrogens (tertiary/aromatic N) is 2. The van der Waals surface area contributed by atoms with Gasteiger partial charge in [-0.2, -0.15) is 0 Å². The summed E-state index contributed by atoms with van der Waals surface area (Å²) >= 11 is 12.8. The maximum absolute atomic E-state index is 14.4. The number of hydrogen-bond acceptors (Lipinski definition) is 4. The van der Waals surface area contributed by atoms with E-state index in [9.17, 15) is 18.0 Å². The van der Waals surface area contributed by atoms with Crippen LogP contribution < -0.4 is 9.62 Å². The van der Waals surface area contributed by atoms with Gasteiger partial charge in [-0.25, -0.2) is 8.42 Å². The fourth-order valence-electron chi connectivity index (χ4n) is 4.67. The van der Waals surface area contributed by atoms with Crippen molar-refractivity contribution in [3.8, 4) is 0 Å². The Labute approximate surface area is 269 Å². The number of hydrogen-bond donors (Lipinski definition) is 1. The molecule has 0 heterocycles. The van der Waals surface area contributed by atoms with Crippen molar-refractivity contribution >= 4 is 50.7 Å². The number of nitrogens with one attached hydrogen (secondary N) is 1. The molecule has 0 saturated heterocycles. The van der Waals surface area contributed by atoms with Gasteiger partial charge in [-0.05, 0) is 41.3 Å². The quantitative estimate of drug-likeness (QED) is 0.176. The van der Waals surface area contributed by atoms with Crippen LogP contribution in [0.5, 0.6) is 0 Å². The van der Waals surface area contributed by atoms with Crippen molar-refractivity contribution in [1.82, 2.24) is 10.2 Å². The third-order valence-electron chi connectivity index (χ3n) is 6.96. The lowest BCUT2D eigenvalue weighted by Gasteiger charge is -2.34. The smallest absolute Gasteiger partial charge is 0.264 e. The Bertz CT molecular complexity index is 1650. The molecule has 0 spiro atoms. The molecule has 0 fully saturated rings. The molecule has 1 N–H and O–H groups in total. The average Bonchev–Trinajstić information content (AvgIpc) is 3.03. The van der Waals surface area contributed by atoms with Crippen LogP contribution in [0.1, 0.15) is 25.0 Å². The van der Waals surface area contributed by atoms with Crippen LogP contribution in [0.2, 0.25) is 10.0 Å². The van der Waals surface area contributed by atoms with Gasteiger partial charge in [-0.15, -0.1) is 0 Å². The number of sulfonamides is 1. The van der Waals surface area contributed by atoms with E-state index in [0.29, 0.717) is 6.54 Å². The lowest BCUT2D eigenvalue weighted by atomic mass is 10.0. The maximum Gasteiger partial charge on any atom is 0.264 e. The van der Waals surface area contributed by atoms with E-state index in [-0.39, 0.29) is 45.4 Å². The number of carbonyl (C=O) groups excluding carboxylic acids is 2. The Morgan fingerprint density at radius 3 is 1.93 bits per heavy atom. The van der Waals surface area contributed by atoms with Crippen LogP contribution >= 0.6 is 23.2 Å². The largest absolute Gasteiger partial charge is 0.354 e. The molecule has 230 valence electrons. The van der Waals surface area contributed by atoms with Crippen LogP contribution in [0.3, 0.4) is 0 Å². The summed E-state index contributed by atoms with van der Waals surface area (Å²) in [5, 5.41) is 3.11. The Morgan fingerprint density at radius 1 is 0.773 bits per heavy atom. The van der Waals surface area contributed by atoms with E-state index in [4.69, 9.17) is 23.2 Å². The summed E-state index contributed by atoms with van der Waals surface area (Å²) in [5.41, 5.74) is 1.70. The van der Waals surface area contributed by atoms with Gasteiger partial charge in [0.2, 0.25) is 11.8 Å². The minimum absolute atomic E-state index is 0.00778. The highest BCUT2D eigenvalue weighted by Gasteiger charge is 2.35. The van der Waals surface area contributed by atoms with Crippen LogP contribution in [0.4, 0.5) is 5.69 Å². The zero-order valence-corrected chi connectivity index (χ0v) is 26.9. The summed E-state index contributed by atoms with van der Waals surface area (Å²) in [4.78, 5) is 29.7. The number of anilines is 1. The molecule has 7 nitrogen and oxygen atoms in total. The second-order valence-electron chi connectivity index (χ2n) is 10.7. The molecular formula is C34H35Cl2N3O4S. The summed E-state index contributed by atoms with van der Waals surface area (Å²) in [6.07, 6.45) is 0.229. The Balaban J connectivity index is 1.81. The molecule has 0 radical (unpaired) electrons. The number of amides is 2. The molecule has 2 amide bonds. The summed E-state index contributed by atoms with van der Waals surface area (Å²) < 4.78 is 29.1. The van der Waals surface area contributed by atoms with E-state index in [0.717, 1.165) is 15.4 Å². The van der Waals surface area contributed by atoms with Gasteiger partial charge in [-0.3, -0.25) is 13.9 Å². The molecule has 1 atom stereocenters. The highest BCUT2D eigenvalue weighted by Crippen LogP contribution is 2.35. The van der Waals surface area contributed by atoms with Gasteiger partial charge in [0, 0.05) is 19.5 Å². The number of halogens is 2. The zero-order chi connectivity index (χ0) is 31.7. The molecule has 0 aromatic heterocycles. The van der Waals surface area contributed by atoms with Crippen LogP contribution in [-0.2, 0) is 32.6 Å². The van der Waals surface area contributed by atoms with Gasteiger partial charge in [0.05, 0.1) is 20.6 Å². The molecule has 4 aromatic rings. The number of rotatable bonds is 13. The number of carbonyl (C=O) groups is 2. The van der Waals surface area contributed by atoms with Crippen molar-refractivity contribution in [3.63, 3.8) is 0 Å². The third kappa shape index (κ3) is 8.40. The van der Waals surface area contributed by atoms with E-state index in [1.165, 1.54) is 23.1 Å². The fraction of sp³-hybridized carbons (Fsp3) is 0.235. The molecular weight excluding hydrogens is 617 g/mol. The molecule has 10 heteroatoms. The summed E-state index contributed by atoms with van der Waals surface area (Å²) in [7, 11) is -4.28. The lowest BCUT2D eigenvalue weighted by Crippen LogP contribution is -2.53. The van der Waals surface area contributed by atoms with E-state index in [1.807, 2.05) is 74.5 Å². The molecule has 0 bridgehead atoms. The summed E-state index contributed by atoms with van der Waals surface area (Å²) in [6, 6.07) is 30.2. The van der Waals surface area contributed by atoms with Gasteiger partial charge in [-0.1, -0.05) is 122 Å². The molecule has 0 saturated carbocycles. The van der Waals surface area contributed by atoms with Gasteiger partial charge < -0.3 is 10.2 Å². The topological polar surface area (TPSA) is 86.8 Å². The lowest BCUT2D eigenvalue weighted by molar-refractivity contribution is -0.140. The SMILES string of the molecule is CC(C)CNC(=O)[C@H](Cc1ccccc1)N(Cc1ccccc1)C(=O)CN(c1cccc(Cl)c1Cl)S(=O)(=O)c1ccccc1. The van der Waals surface area contributed by atoms with Crippen molar-refractivity contribution < 1.29 is 18.0 Å². The summed E-state index contributed by atoms with van der Waals surface area (Å²) in [6.45, 7) is 3.85. The minimum atomic E-state index is -4.28. The first-order valence-corrected chi connectivity index (χ1v) is 16.4. The van der Waals surface area contributed by atoms with Gasteiger partial charge in [0.15, 0.2) is 0 Å². The molecule has 4 aromatic carbocycles. The highest BCUT2D eigenvalue weighted by molar-refractivity contribution is 7.92. The Kier molecular flexibility index (Phi) is 11.4. The predicted molar refractivity (Wildman–Crippen MR) is 176 cm³/mol. The second-order valence-corrected chi connectivity index (χ2v) is 13.4. The standard InChI is InChI=1S/C34H35Cl2N3O4S/c1-25(2)22-37-34(41)31(21-26-13-6-3-7-14-26)38(23-27-15-8-4-9-16-27)32(40)24-39(30-20-12-19-29(35)33(30)36)44(42,43)28-17-10-5-11-18-28/h3-20,25,31H,21-24H2,1-2H3,(H,37,41)/t31-/m0/s1. The van der Waals surface area contributed by atoms with Crippen molar-refractivity contribution in [2.75, 3.05) is 17.4 Å². The second kappa shape index (κ2) is 15.2. The van der Waals surface area contributed by atoms with Crippen LogP contribution in [0.15, 0.2) is 114 Å². The van der Waals surface area contributed by atoms with Crippen molar-refractivity contribution in [1.29, 1.82) is 0 Å². The highest BCUT2D eigenvalue weighted by atomic mass is 35.5. The van der Waals surface area contributed by atoms with E-state index in [1.54, 1.807) is 30.3 Å². The van der Waals surface area contributed by atoms with E-state index in [2.05, 4.69) is 5.32 Å². The predicted octanol–water partition coefficient (Wildman–Crippen LogP) is 6.60. The normalized spacial score (nSPS) is 12.0. The van der Waals surface area contributed by atoms with Gasteiger partial charge in [0.1, 0.15) is 12.6 Å². The fourth-order valence-corrected chi connectivity index (χ4v) is 6.57. The van der Waals surface area contributed by atoms with Crippen LogP contribution in [-0.4, -0.2) is 44.3 Å². The van der Waals surface area contributed by atoms with E-state index >= 15 is 0 Å². The van der Waals surface area contributed by atoms with Crippen molar-refractivity contribution in [2.24, 2.45) is 5.92 Å². The minimum Gasteiger partial charge on any atom is -0.354 e. The number of benzene rings is 4. The molecule has 4 rings (SSSR count). The first-order chi connectivity index (χ1) is 21.1. The van der Waals surface area contributed by atoms with Gasteiger partial charge >= 0.3 is 0 Å². The Hall–Kier alpha value is -3.85. The van der Waals surface area contributed by atoms with Crippen molar-refractivity contribution in [3.05, 3.63) is 130 Å². The first-order valence-electron chi connectivity index (χ1n) is 14.2.